The van der Waals surface area contributed by atoms with E-state index in [2.05, 4.69) is 24.2 Å². The highest BCUT2D eigenvalue weighted by atomic mass is 15.1. The average molecular weight is 252 g/mol. The summed E-state index contributed by atoms with van der Waals surface area (Å²) < 4.78 is 0. The molecule has 0 radical (unpaired) electrons. The molecule has 1 aliphatic heterocycles. The van der Waals surface area contributed by atoms with E-state index < -0.39 is 0 Å². The Bertz CT molecular complexity index is 229. The maximum atomic E-state index is 3.82. The molecule has 1 saturated heterocycles. The molecule has 0 amide bonds. The third-order valence-electron chi connectivity index (χ3n) is 5.09. The molecule has 0 bridgehead atoms. The topological polar surface area (TPSA) is 15.3 Å². The average Bonchev–Trinajstić information content (AvgIpc) is 2.57. The maximum absolute atomic E-state index is 3.82. The van der Waals surface area contributed by atoms with Crippen LogP contribution >= 0.6 is 0 Å². The summed E-state index contributed by atoms with van der Waals surface area (Å²) in [4.78, 5) is 2.57. The molecule has 0 aromatic rings. The highest BCUT2D eigenvalue weighted by molar-refractivity contribution is 4.77. The molecule has 2 fully saturated rings. The number of hydrogen-bond donors (Lipinski definition) is 1. The van der Waals surface area contributed by atoms with Gasteiger partial charge in [-0.25, -0.2) is 0 Å². The largest absolute Gasteiger partial charge is 0.314 e. The summed E-state index contributed by atoms with van der Waals surface area (Å²) in [5, 5.41) is 3.82. The lowest BCUT2D eigenvalue weighted by Gasteiger charge is -2.33. The Morgan fingerprint density at radius 1 is 1.00 bits per heavy atom. The quantitative estimate of drug-likeness (QED) is 0.771. The van der Waals surface area contributed by atoms with E-state index >= 15 is 0 Å². The molecule has 0 aromatic heterocycles. The maximum Gasteiger partial charge on any atom is 0.0104 e. The lowest BCUT2D eigenvalue weighted by molar-refractivity contribution is 0.174. The van der Waals surface area contributed by atoms with Gasteiger partial charge in [0.2, 0.25) is 0 Å². The molecule has 0 spiro atoms. The zero-order valence-corrected chi connectivity index (χ0v) is 12.5. The van der Waals surface area contributed by atoms with Crippen molar-refractivity contribution in [2.75, 3.05) is 20.1 Å². The molecule has 2 heteroatoms. The van der Waals surface area contributed by atoms with Gasteiger partial charge in [-0.15, -0.1) is 0 Å². The van der Waals surface area contributed by atoms with Gasteiger partial charge in [-0.1, -0.05) is 26.2 Å². The van der Waals surface area contributed by atoms with Crippen LogP contribution in [0.3, 0.4) is 0 Å². The predicted molar refractivity (Wildman–Crippen MR) is 78.9 cm³/mol. The van der Waals surface area contributed by atoms with Crippen molar-refractivity contribution in [1.29, 1.82) is 0 Å². The minimum absolute atomic E-state index is 0.809. The van der Waals surface area contributed by atoms with Crippen LogP contribution in [0.2, 0.25) is 0 Å². The minimum atomic E-state index is 0.809. The van der Waals surface area contributed by atoms with Crippen LogP contribution in [0.25, 0.3) is 0 Å². The van der Waals surface area contributed by atoms with Gasteiger partial charge in [0.15, 0.2) is 0 Å². The molecular weight excluding hydrogens is 220 g/mol. The molecule has 1 aliphatic carbocycles. The summed E-state index contributed by atoms with van der Waals surface area (Å²) in [5.41, 5.74) is 0. The Hall–Kier alpha value is -0.0800. The van der Waals surface area contributed by atoms with Gasteiger partial charge in [-0.3, -0.25) is 0 Å². The fraction of sp³-hybridized carbons (Fsp3) is 1.00. The molecule has 106 valence electrons. The number of rotatable bonds is 4. The summed E-state index contributed by atoms with van der Waals surface area (Å²) in [6.45, 7) is 4.96. The van der Waals surface area contributed by atoms with Gasteiger partial charge >= 0.3 is 0 Å². The van der Waals surface area contributed by atoms with Gasteiger partial charge in [0, 0.05) is 12.1 Å². The molecule has 3 unspecified atom stereocenters. The first-order valence-corrected chi connectivity index (χ1v) is 8.19. The van der Waals surface area contributed by atoms with Gasteiger partial charge in [0.25, 0.3) is 0 Å². The monoisotopic (exact) mass is 252 g/mol. The molecule has 2 aliphatic rings. The predicted octanol–water partition coefficient (Wildman–Crippen LogP) is 3.42. The first kappa shape index (κ1) is 14.3. The van der Waals surface area contributed by atoms with Crippen molar-refractivity contribution in [3.05, 3.63) is 0 Å². The van der Waals surface area contributed by atoms with E-state index in [9.17, 15) is 0 Å². The lowest BCUT2D eigenvalue weighted by atomic mass is 9.99. The molecular formula is C16H32N2. The van der Waals surface area contributed by atoms with Gasteiger partial charge in [-0.05, 0) is 64.6 Å². The fourth-order valence-corrected chi connectivity index (χ4v) is 3.65. The first-order chi connectivity index (χ1) is 8.75. The number of hydrogen-bond acceptors (Lipinski definition) is 2. The number of nitrogens with zero attached hydrogens (tertiary/aromatic N) is 1. The van der Waals surface area contributed by atoms with E-state index in [1.54, 1.807) is 0 Å². The van der Waals surface area contributed by atoms with Crippen molar-refractivity contribution in [1.82, 2.24) is 10.2 Å². The molecule has 2 nitrogen and oxygen atoms in total. The Morgan fingerprint density at radius 3 is 2.72 bits per heavy atom. The van der Waals surface area contributed by atoms with Crippen molar-refractivity contribution >= 4 is 0 Å². The van der Waals surface area contributed by atoms with E-state index in [1.807, 2.05) is 0 Å². The van der Waals surface area contributed by atoms with Crippen LogP contribution in [0, 0.1) is 5.92 Å². The van der Waals surface area contributed by atoms with Gasteiger partial charge in [0.05, 0.1) is 0 Å². The van der Waals surface area contributed by atoms with Gasteiger partial charge in [-0.2, -0.15) is 0 Å². The van der Waals surface area contributed by atoms with Crippen molar-refractivity contribution in [3.8, 4) is 0 Å². The van der Waals surface area contributed by atoms with Crippen molar-refractivity contribution in [2.45, 2.75) is 76.8 Å². The van der Waals surface area contributed by atoms with Crippen molar-refractivity contribution in [2.24, 2.45) is 5.92 Å². The molecule has 0 aromatic carbocycles. The van der Waals surface area contributed by atoms with E-state index in [4.69, 9.17) is 0 Å². The number of nitrogens with one attached hydrogen (secondary N) is 1. The smallest absolute Gasteiger partial charge is 0.0104 e. The zero-order chi connectivity index (χ0) is 12.8. The highest BCUT2D eigenvalue weighted by Crippen LogP contribution is 2.23. The summed E-state index contributed by atoms with van der Waals surface area (Å²) in [7, 11) is 2.30. The summed E-state index contributed by atoms with van der Waals surface area (Å²) in [5.74, 6) is 0.960. The van der Waals surface area contributed by atoms with Crippen LogP contribution in [0.5, 0.6) is 0 Å². The standard InChI is InChI=1S/C16H32N2/c1-14-6-5-7-15(10-9-14)17-12-11-16-8-3-4-13-18(16)2/h14-17H,3-13H2,1-2H3. The summed E-state index contributed by atoms with van der Waals surface area (Å²) in [6, 6.07) is 1.65. The molecule has 18 heavy (non-hydrogen) atoms. The third-order valence-corrected chi connectivity index (χ3v) is 5.09. The second-order valence-electron chi connectivity index (χ2n) is 6.68. The molecule has 3 atom stereocenters. The summed E-state index contributed by atoms with van der Waals surface area (Å²) in [6.07, 6.45) is 12.7. The van der Waals surface area contributed by atoms with E-state index in [1.165, 1.54) is 70.9 Å². The molecule has 1 N–H and O–H groups in total. The van der Waals surface area contributed by atoms with Crippen molar-refractivity contribution < 1.29 is 0 Å². The van der Waals surface area contributed by atoms with Gasteiger partial charge < -0.3 is 10.2 Å². The fourth-order valence-electron chi connectivity index (χ4n) is 3.65. The second kappa shape index (κ2) is 7.49. The SMILES string of the molecule is CC1CCCC(NCCC2CCCCN2C)CC1. The zero-order valence-electron chi connectivity index (χ0n) is 12.5. The van der Waals surface area contributed by atoms with E-state index in [0.29, 0.717) is 0 Å². The Balaban J connectivity index is 1.62. The van der Waals surface area contributed by atoms with Crippen LogP contribution in [0.1, 0.15) is 64.7 Å². The lowest BCUT2D eigenvalue weighted by Crippen LogP contribution is -2.39. The minimum Gasteiger partial charge on any atom is -0.314 e. The highest BCUT2D eigenvalue weighted by Gasteiger charge is 2.19. The van der Waals surface area contributed by atoms with Crippen LogP contribution in [-0.4, -0.2) is 37.1 Å². The third kappa shape index (κ3) is 4.55. The second-order valence-corrected chi connectivity index (χ2v) is 6.68. The van der Waals surface area contributed by atoms with Crippen LogP contribution in [0.4, 0.5) is 0 Å². The van der Waals surface area contributed by atoms with E-state index in [0.717, 1.165) is 18.0 Å². The van der Waals surface area contributed by atoms with Crippen LogP contribution in [-0.2, 0) is 0 Å². The molecule has 1 saturated carbocycles. The van der Waals surface area contributed by atoms with Crippen LogP contribution in [0.15, 0.2) is 0 Å². The van der Waals surface area contributed by atoms with Gasteiger partial charge in [0.1, 0.15) is 0 Å². The molecule has 1 heterocycles. The summed E-state index contributed by atoms with van der Waals surface area (Å²) >= 11 is 0. The van der Waals surface area contributed by atoms with E-state index in [-0.39, 0.29) is 0 Å². The Labute approximate surface area is 114 Å². The van der Waals surface area contributed by atoms with Crippen molar-refractivity contribution in [3.63, 3.8) is 0 Å². The van der Waals surface area contributed by atoms with Crippen LogP contribution < -0.4 is 5.32 Å². The first-order valence-electron chi connectivity index (χ1n) is 8.19. The Morgan fingerprint density at radius 2 is 1.89 bits per heavy atom. The Kier molecular flexibility index (Phi) is 5.97. The normalized spacial score (nSPS) is 35.3. The molecule has 2 rings (SSSR count). The number of piperidine rings is 1. The number of likely N-dealkylation sites (tertiary alicyclic amines) is 1.